The number of Topliss-reactive ketones (excluding diaryl/α,β-unsaturated/α-hetero) is 1. The lowest BCUT2D eigenvalue weighted by molar-refractivity contribution is -0.232. The van der Waals surface area contributed by atoms with Crippen molar-refractivity contribution in [2.45, 2.75) is 145 Å². The van der Waals surface area contributed by atoms with Crippen LogP contribution in [0.15, 0.2) is 22.8 Å². The molecule has 2 N–H and O–H groups in total. The number of carbonyl (C=O) groups excluding carboxylic acids is 2. The highest BCUT2D eigenvalue weighted by Gasteiger charge is 2.81. The molecule has 0 heterocycles. The molecule has 10 atom stereocenters. The number of allylic oxidation sites excluding steroid dienone is 2. The smallest absolute Gasteiger partial charge is 0.187 e. The second kappa shape index (κ2) is 9.00. The standard InChI is InChI=1S/C40H60O4/c1-22(2)39(43)28(41)21-27-36(9)18-11-16-35(7,8)26(36)15-20-38(27)31-29-24(30(32(38)39)40(44,23(3)4)33(31)42)13-14-25-34(5,6)17-12-19-37(25,29)10/h21-23,25-26,30-32,43-44H,11-20H2,1-10H3/t25-,26-,30-,31-,32-,36-,37-,38+,39+,40-/m0/s1. The number of aliphatic hydroxyl groups is 2. The van der Waals surface area contributed by atoms with Gasteiger partial charge in [-0.1, -0.05) is 98.8 Å². The van der Waals surface area contributed by atoms with E-state index in [1.165, 1.54) is 29.6 Å². The SMILES string of the molecule is CC(C)[C@@]1(O)C(=O)[C@@H]2C3=C(CC[C@H]4C(C)(C)CCC[C@]34C)[C@H]1[C@H]1[C@@]23CC[C@H]2C(C)(C)CCC[C@]2(C)C3=CC(=O)[C@]1(O)C(C)C. The molecule has 1 spiro atoms. The summed E-state index contributed by atoms with van der Waals surface area (Å²) in [5.74, 6) is -1.39. The summed E-state index contributed by atoms with van der Waals surface area (Å²) in [7, 11) is 0. The molecule has 8 rings (SSSR count). The Hall–Kier alpha value is -1.26. The zero-order valence-electron chi connectivity index (χ0n) is 29.4. The van der Waals surface area contributed by atoms with Crippen molar-refractivity contribution >= 4 is 11.6 Å². The summed E-state index contributed by atoms with van der Waals surface area (Å²) in [6.07, 6.45) is 12.4. The molecule has 8 aliphatic carbocycles. The fourth-order valence-electron chi connectivity index (χ4n) is 14.5. The van der Waals surface area contributed by atoms with E-state index in [-0.39, 0.29) is 45.1 Å². The van der Waals surface area contributed by atoms with Crippen LogP contribution < -0.4 is 0 Å². The van der Waals surface area contributed by atoms with E-state index in [2.05, 4.69) is 41.5 Å². The van der Waals surface area contributed by atoms with Gasteiger partial charge in [0.2, 0.25) is 0 Å². The van der Waals surface area contributed by atoms with Crippen molar-refractivity contribution in [1.82, 2.24) is 0 Å². The Kier molecular flexibility index (Phi) is 6.41. The van der Waals surface area contributed by atoms with Gasteiger partial charge in [0.1, 0.15) is 11.2 Å². The Morgan fingerprint density at radius 2 is 1.27 bits per heavy atom. The van der Waals surface area contributed by atoms with E-state index in [1.54, 1.807) is 0 Å². The first-order valence-corrected chi connectivity index (χ1v) is 18.3. The fraction of sp³-hybridized carbons (Fsp3) is 0.850. The van der Waals surface area contributed by atoms with Crippen LogP contribution in [0.2, 0.25) is 0 Å². The number of ketones is 2. The van der Waals surface area contributed by atoms with E-state index in [0.717, 1.165) is 51.4 Å². The largest absolute Gasteiger partial charge is 0.381 e. The molecule has 0 amide bonds. The molecule has 0 aromatic carbocycles. The third kappa shape index (κ3) is 3.29. The third-order valence-electron chi connectivity index (χ3n) is 16.2. The van der Waals surface area contributed by atoms with Crippen LogP contribution in [0.1, 0.15) is 133 Å². The predicted octanol–water partition coefficient (Wildman–Crippen LogP) is 8.25. The number of rotatable bonds is 2. The molecule has 44 heavy (non-hydrogen) atoms. The van der Waals surface area contributed by atoms with Crippen LogP contribution in [0.4, 0.5) is 0 Å². The second-order valence-electron chi connectivity index (χ2n) is 19.3. The van der Waals surface area contributed by atoms with Gasteiger partial charge in [-0.2, -0.15) is 0 Å². The van der Waals surface area contributed by atoms with Gasteiger partial charge in [0.05, 0.1) is 5.92 Å². The average Bonchev–Trinajstić information content (AvgIpc) is 2.91. The molecule has 8 aliphatic rings. The first kappa shape index (κ1) is 31.3. The number of hydrogen-bond acceptors (Lipinski definition) is 4. The van der Waals surface area contributed by atoms with Gasteiger partial charge in [-0.15, -0.1) is 0 Å². The summed E-state index contributed by atoms with van der Waals surface area (Å²) in [5.41, 5.74) is -0.0457. The van der Waals surface area contributed by atoms with Gasteiger partial charge in [-0.05, 0) is 103 Å². The Morgan fingerprint density at radius 1 is 0.727 bits per heavy atom. The van der Waals surface area contributed by atoms with Crippen LogP contribution in [-0.4, -0.2) is 33.0 Å². The Bertz CT molecular complexity index is 1380. The van der Waals surface area contributed by atoms with Crippen LogP contribution >= 0.6 is 0 Å². The molecule has 0 unspecified atom stereocenters. The molecule has 244 valence electrons. The Morgan fingerprint density at radius 3 is 1.84 bits per heavy atom. The second-order valence-corrected chi connectivity index (χ2v) is 19.3. The molecular formula is C40H60O4. The maximum atomic E-state index is 15.5. The summed E-state index contributed by atoms with van der Waals surface area (Å²) in [6, 6.07) is 0. The summed E-state index contributed by atoms with van der Waals surface area (Å²) in [4.78, 5) is 30.1. The minimum atomic E-state index is -1.62. The van der Waals surface area contributed by atoms with Gasteiger partial charge in [0.15, 0.2) is 11.6 Å². The van der Waals surface area contributed by atoms with Crippen molar-refractivity contribution in [1.29, 1.82) is 0 Å². The van der Waals surface area contributed by atoms with E-state index in [1.807, 2.05) is 33.8 Å². The maximum Gasteiger partial charge on any atom is 0.187 e. The van der Waals surface area contributed by atoms with Crippen LogP contribution in [0, 0.1) is 68.5 Å². The van der Waals surface area contributed by atoms with Crippen LogP contribution in [0.25, 0.3) is 0 Å². The lowest BCUT2D eigenvalue weighted by atomic mass is 9.28. The number of hydrogen-bond donors (Lipinski definition) is 2. The zero-order valence-corrected chi connectivity index (χ0v) is 29.4. The molecule has 0 saturated heterocycles. The zero-order chi connectivity index (χ0) is 32.2. The molecular weight excluding hydrogens is 544 g/mol. The van der Waals surface area contributed by atoms with Crippen molar-refractivity contribution in [3.05, 3.63) is 22.8 Å². The highest BCUT2D eigenvalue weighted by molar-refractivity contribution is 6.04. The predicted molar refractivity (Wildman–Crippen MR) is 175 cm³/mol. The van der Waals surface area contributed by atoms with Crippen LogP contribution in [0.5, 0.6) is 0 Å². The number of carbonyl (C=O) groups is 2. The van der Waals surface area contributed by atoms with E-state index >= 15 is 4.79 Å². The lowest BCUT2D eigenvalue weighted by Crippen LogP contribution is -2.79. The molecule has 4 fully saturated rings. The van der Waals surface area contributed by atoms with Gasteiger partial charge in [0.25, 0.3) is 0 Å². The van der Waals surface area contributed by atoms with Crippen molar-refractivity contribution in [3.63, 3.8) is 0 Å². The Labute approximate surface area is 266 Å². The van der Waals surface area contributed by atoms with Gasteiger partial charge >= 0.3 is 0 Å². The summed E-state index contributed by atoms with van der Waals surface area (Å²) < 4.78 is 0. The third-order valence-corrected chi connectivity index (χ3v) is 16.2. The number of fused-ring (bicyclic) bond motifs is 4. The summed E-state index contributed by atoms with van der Waals surface area (Å²) in [6.45, 7) is 22.5. The van der Waals surface area contributed by atoms with Crippen molar-refractivity contribution in [2.75, 3.05) is 0 Å². The Balaban J connectivity index is 1.58. The average molecular weight is 605 g/mol. The molecule has 2 bridgehead atoms. The maximum absolute atomic E-state index is 15.5. The monoisotopic (exact) mass is 604 g/mol. The molecule has 0 radical (unpaired) electrons. The molecule has 4 heteroatoms. The highest BCUT2D eigenvalue weighted by atomic mass is 16.3. The quantitative estimate of drug-likeness (QED) is 0.311. The minimum absolute atomic E-state index is 0.00114. The van der Waals surface area contributed by atoms with Crippen molar-refractivity contribution in [2.24, 2.45) is 68.5 Å². The van der Waals surface area contributed by atoms with Crippen molar-refractivity contribution < 1.29 is 19.8 Å². The normalized spacial score (nSPS) is 50.5. The minimum Gasteiger partial charge on any atom is -0.381 e. The summed E-state index contributed by atoms with van der Waals surface area (Å²) in [5, 5.41) is 25.9. The van der Waals surface area contributed by atoms with Gasteiger partial charge < -0.3 is 10.2 Å². The van der Waals surface area contributed by atoms with E-state index in [9.17, 15) is 15.0 Å². The molecule has 0 aromatic rings. The highest BCUT2D eigenvalue weighted by Crippen LogP contribution is 2.80. The lowest BCUT2D eigenvalue weighted by Gasteiger charge is -2.75. The molecule has 0 aliphatic heterocycles. The van der Waals surface area contributed by atoms with Crippen LogP contribution in [-0.2, 0) is 9.59 Å². The van der Waals surface area contributed by atoms with Gasteiger partial charge in [-0.3, -0.25) is 9.59 Å². The van der Waals surface area contributed by atoms with E-state index < -0.39 is 34.4 Å². The molecule has 4 saturated carbocycles. The van der Waals surface area contributed by atoms with E-state index in [4.69, 9.17) is 0 Å². The first-order chi connectivity index (χ1) is 20.3. The van der Waals surface area contributed by atoms with Gasteiger partial charge in [-0.25, -0.2) is 0 Å². The van der Waals surface area contributed by atoms with E-state index in [0.29, 0.717) is 11.8 Å². The van der Waals surface area contributed by atoms with Crippen LogP contribution in [0.3, 0.4) is 0 Å². The fourth-order valence-corrected chi connectivity index (χ4v) is 14.5. The topological polar surface area (TPSA) is 74.6 Å². The first-order valence-electron chi connectivity index (χ1n) is 18.3. The van der Waals surface area contributed by atoms with Gasteiger partial charge in [0, 0.05) is 17.3 Å². The van der Waals surface area contributed by atoms with Crippen molar-refractivity contribution in [3.8, 4) is 0 Å². The summed E-state index contributed by atoms with van der Waals surface area (Å²) >= 11 is 0. The molecule has 0 aromatic heterocycles. The molecule has 4 nitrogen and oxygen atoms in total.